The summed E-state index contributed by atoms with van der Waals surface area (Å²) in [4.78, 5) is 9.47. The van der Waals surface area contributed by atoms with Crippen molar-refractivity contribution < 1.29 is 9.90 Å². The Morgan fingerprint density at radius 3 is 2.43 bits per heavy atom. The second-order valence-electron chi connectivity index (χ2n) is 0.987. The van der Waals surface area contributed by atoms with Crippen LogP contribution in [0.3, 0.4) is 0 Å². The van der Waals surface area contributed by atoms with Crippen molar-refractivity contribution in [3.63, 3.8) is 0 Å². The van der Waals surface area contributed by atoms with Gasteiger partial charge in [-0.1, -0.05) is 6.58 Å². The van der Waals surface area contributed by atoms with E-state index in [2.05, 4.69) is 6.58 Å². The van der Waals surface area contributed by atoms with E-state index >= 15 is 0 Å². The Morgan fingerprint density at radius 2 is 2.29 bits per heavy atom. The van der Waals surface area contributed by atoms with Gasteiger partial charge >= 0.3 is 0 Å². The topological polar surface area (TPSA) is 37.3 Å². The maximum atomic E-state index is 9.47. The molecule has 1 N–H and O–H groups in total. The highest BCUT2D eigenvalue weighted by Gasteiger charge is 1.70. The van der Waals surface area contributed by atoms with Crippen LogP contribution in [0.2, 0.25) is 0 Å². The number of carbonyl (C=O) groups excluding carboxylic acids is 1. The van der Waals surface area contributed by atoms with E-state index in [9.17, 15) is 4.79 Å². The van der Waals surface area contributed by atoms with Crippen molar-refractivity contribution in [1.82, 2.24) is 0 Å². The second kappa shape index (κ2) is 3.15. The SMILES string of the molecule is C=C(O)/C=C/C=O. The van der Waals surface area contributed by atoms with Crippen LogP contribution in [0.4, 0.5) is 0 Å². The number of aldehydes is 1. The molecule has 0 saturated carbocycles. The zero-order valence-corrected chi connectivity index (χ0v) is 3.79. The molecule has 38 valence electrons. The van der Waals surface area contributed by atoms with Crippen molar-refractivity contribution in [3.05, 3.63) is 24.5 Å². The molecule has 0 heterocycles. The van der Waals surface area contributed by atoms with Gasteiger partial charge in [-0.25, -0.2) is 0 Å². The van der Waals surface area contributed by atoms with Gasteiger partial charge in [0.15, 0.2) is 0 Å². The van der Waals surface area contributed by atoms with Crippen LogP contribution in [-0.2, 0) is 4.79 Å². The van der Waals surface area contributed by atoms with Crippen molar-refractivity contribution in [2.24, 2.45) is 0 Å². The molecule has 0 bridgehead atoms. The van der Waals surface area contributed by atoms with Crippen LogP contribution in [0.15, 0.2) is 24.5 Å². The molecule has 0 aliphatic carbocycles. The third-order valence-electron chi connectivity index (χ3n) is 0.367. The number of aliphatic hydroxyl groups excluding tert-OH is 1. The van der Waals surface area contributed by atoms with Crippen molar-refractivity contribution in [1.29, 1.82) is 0 Å². The summed E-state index contributed by atoms with van der Waals surface area (Å²) < 4.78 is 0. The van der Waals surface area contributed by atoms with E-state index in [1.54, 1.807) is 0 Å². The minimum absolute atomic E-state index is 0.105. The maximum absolute atomic E-state index is 9.47. The summed E-state index contributed by atoms with van der Waals surface area (Å²) in [5.74, 6) is -0.105. The lowest BCUT2D eigenvalue weighted by atomic mass is 10.5. The molecular formula is C5H6O2. The monoisotopic (exact) mass is 98.0 g/mol. The maximum Gasteiger partial charge on any atom is 0.142 e. The Balaban J connectivity index is 3.46. The summed E-state index contributed by atoms with van der Waals surface area (Å²) in [6.07, 6.45) is 2.96. The zero-order valence-electron chi connectivity index (χ0n) is 3.79. The minimum atomic E-state index is -0.105. The molecule has 2 heteroatoms. The predicted octanol–water partition coefficient (Wildman–Crippen LogP) is 0.813. The summed E-state index contributed by atoms with van der Waals surface area (Å²) in [7, 11) is 0. The Bertz CT molecular complexity index is 103. The first-order valence-corrected chi connectivity index (χ1v) is 1.77. The number of allylic oxidation sites excluding steroid dienone is 2. The number of aliphatic hydroxyl groups is 1. The molecule has 0 aromatic rings. The predicted molar refractivity (Wildman–Crippen MR) is 27.0 cm³/mol. The van der Waals surface area contributed by atoms with Gasteiger partial charge in [-0.15, -0.1) is 0 Å². The van der Waals surface area contributed by atoms with Crippen molar-refractivity contribution in [2.75, 3.05) is 0 Å². The lowest BCUT2D eigenvalue weighted by molar-refractivity contribution is -0.104. The van der Waals surface area contributed by atoms with E-state index in [0.717, 1.165) is 0 Å². The van der Waals surface area contributed by atoms with Crippen LogP contribution in [-0.4, -0.2) is 11.4 Å². The van der Waals surface area contributed by atoms with Crippen molar-refractivity contribution in [2.45, 2.75) is 0 Å². The Hall–Kier alpha value is -1.05. The van der Waals surface area contributed by atoms with E-state index < -0.39 is 0 Å². The molecule has 2 nitrogen and oxygen atoms in total. The standard InChI is InChI=1S/C5H6O2/c1-5(7)3-2-4-6/h2-4,7H,1H2/b3-2+. The molecule has 0 aromatic carbocycles. The molecule has 0 aromatic heterocycles. The van der Waals surface area contributed by atoms with Gasteiger partial charge < -0.3 is 5.11 Å². The molecule has 7 heavy (non-hydrogen) atoms. The molecule has 0 atom stereocenters. The van der Waals surface area contributed by atoms with Gasteiger partial charge in [0.2, 0.25) is 0 Å². The molecule has 0 unspecified atom stereocenters. The molecule has 0 fully saturated rings. The fraction of sp³-hybridized carbons (Fsp3) is 0. The minimum Gasteiger partial charge on any atom is -0.509 e. The van der Waals surface area contributed by atoms with E-state index in [4.69, 9.17) is 5.11 Å². The van der Waals surface area contributed by atoms with Crippen LogP contribution in [0, 0.1) is 0 Å². The Kier molecular flexibility index (Phi) is 2.68. The molecule has 0 rings (SSSR count). The van der Waals surface area contributed by atoms with Gasteiger partial charge in [0, 0.05) is 0 Å². The molecule has 0 aliphatic heterocycles. The molecule has 0 radical (unpaired) electrons. The first-order chi connectivity index (χ1) is 3.27. The first-order valence-electron chi connectivity index (χ1n) is 1.77. The average Bonchev–Trinajstić information content (AvgIpc) is 1.61. The first kappa shape index (κ1) is 5.95. The number of hydrogen-bond acceptors (Lipinski definition) is 2. The largest absolute Gasteiger partial charge is 0.509 e. The van der Waals surface area contributed by atoms with Gasteiger partial charge in [0.1, 0.15) is 12.0 Å². The molecule has 0 aliphatic rings. The highest BCUT2D eigenvalue weighted by molar-refractivity contribution is 5.65. The van der Waals surface area contributed by atoms with Gasteiger partial charge in [-0.3, -0.25) is 4.79 Å². The van der Waals surface area contributed by atoms with Crippen LogP contribution < -0.4 is 0 Å². The highest BCUT2D eigenvalue weighted by atomic mass is 16.3. The van der Waals surface area contributed by atoms with Gasteiger partial charge in [0.05, 0.1) is 0 Å². The summed E-state index contributed by atoms with van der Waals surface area (Å²) in [6.45, 7) is 3.10. The van der Waals surface area contributed by atoms with Gasteiger partial charge in [0.25, 0.3) is 0 Å². The van der Waals surface area contributed by atoms with Crippen LogP contribution in [0.1, 0.15) is 0 Å². The van der Waals surface area contributed by atoms with E-state index in [1.165, 1.54) is 12.2 Å². The van der Waals surface area contributed by atoms with Crippen LogP contribution in [0.25, 0.3) is 0 Å². The van der Waals surface area contributed by atoms with Gasteiger partial charge in [-0.05, 0) is 12.2 Å². The third-order valence-corrected chi connectivity index (χ3v) is 0.367. The molecule has 0 saturated heterocycles. The highest BCUT2D eigenvalue weighted by Crippen LogP contribution is 1.79. The van der Waals surface area contributed by atoms with E-state index in [0.29, 0.717) is 6.29 Å². The summed E-state index contributed by atoms with van der Waals surface area (Å²) in [6, 6.07) is 0. The summed E-state index contributed by atoms with van der Waals surface area (Å²) >= 11 is 0. The summed E-state index contributed by atoms with van der Waals surface area (Å²) in [5, 5.41) is 8.24. The van der Waals surface area contributed by atoms with E-state index in [-0.39, 0.29) is 5.76 Å². The quantitative estimate of drug-likeness (QED) is 0.240. The fourth-order valence-corrected chi connectivity index (χ4v) is 0.150. The van der Waals surface area contributed by atoms with Crippen LogP contribution >= 0.6 is 0 Å². The lowest BCUT2D eigenvalue weighted by Gasteiger charge is -1.76. The average molecular weight is 98.1 g/mol. The van der Waals surface area contributed by atoms with Crippen LogP contribution in [0.5, 0.6) is 0 Å². The van der Waals surface area contributed by atoms with E-state index in [1.807, 2.05) is 0 Å². The summed E-state index contributed by atoms with van der Waals surface area (Å²) in [5.41, 5.74) is 0. The van der Waals surface area contributed by atoms with Crippen molar-refractivity contribution >= 4 is 6.29 Å². The number of carbonyl (C=O) groups is 1. The molecule has 0 spiro atoms. The Labute approximate surface area is 41.8 Å². The number of rotatable bonds is 2. The Morgan fingerprint density at radius 1 is 1.71 bits per heavy atom. The normalized spacial score (nSPS) is 9.14. The lowest BCUT2D eigenvalue weighted by Crippen LogP contribution is -1.66. The number of hydrogen-bond donors (Lipinski definition) is 1. The fourth-order valence-electron chi connectivity index (χ4n) is 0.150. The van der Waals surface area contributed by atoms with Crippen molar-refractivity contribution in [3.8, 4) is 0 Å². The van der Waals surface area contributed by atoms with Gasteiger partial charge in [-0.2, -0.15) is 0 Å². The second-order valence-corrected chi connectivity index (χ2v) is 0.987. The molecule has 0 amide bonds. The smallest absolute Gasteiger partial charge is 0.142 e. The zero-order chi connectivity index (χ0) is 5.70. The third kappa shape index (κ3) is 4.95. The molecular weight excluding hydrogens is 92.1 g/mol.